The van der Waals surface area contributed by atoms with Gasteiger partial charge in [-0.3, -0.25) is 29.5 Å². The highest BCUT2D eigenvalue weighted by molar-refractivity contribution is 6.23. The number of fused-ring (bicyclic) bond motifs is 1. The van der Waals surface area contributed by atoms with Gasteiger partial charge in [0.2, 0.25) is 0 Å². The minimum atomic E-state index is -4.43. The summed E-state index contributed by atoms with van der Waals surface area (Å²) in [6.07, 6.45) is -4.43. The van der Waals surface area contributed by atoms with Crippen molar-refractivity contribution in [3.63, 3.8) is 0 Å². The lowest BCUT2D eigenvalue weighted by Gasteiger charge is -2.23. The summed E-state index contributed by atoms with van der Waals surface area (Å²) >= 11 is 0. The molecule has 7 nitrogen and oxygen atoms in total. The van der Waals surface area contributed by atoms with Gasteiger partial charge in [-0.1, -0.05) is 18.2 Å². The smallest absolute Gasteiger partial charge is 0.284 e. The van der Waals surface area contributed by atoms with Crippen molar-refractivity contribution in [3.05, 3.63) is 74.8 Å². The van der Waals surface area contributed by atoms with Crippen LogP contribution in [0.2, 0.25) is 0 Å². The second kappa shape index (κ2) is 7.04. The Hall–Kier alpha value is -3.27. The van der Waals surface area contributed by atoms with Crippen LogP contribution in [0.4, 0.5) is 18.9 Å². The molecule has 28 heavy (non-hydrogen) atoms. The Kier molecular flexibility index (Phi) is 4.90. The molecule has 10 heteroatoms. The Morgan fingerprint density at radius 1 is 1.07 bits per heavy atom. The second-order valence-corrected chi connectivity index (χ2v) is 6.35. The third-order valence-electron chi connectivity index (χ3n) is 4.29. The van der Waals surface area contributed by atoms with E-state index in [0.29, 0.717) is 5.56 Å². The highest BCUT2D eigenvalue weighted by Crippen LogP contribution is 2.31. The Morgan fingerprint density at radius 3 is 2.29 bits per heavy atom. The predicted molar refractivity (Wildman–Crippen MR) is 91.4 cm³/mol. The number of nitro groups is 1. The maximum atomic E-state index is 12.6. The summed E-state index contributed by atoms with van der Waals surface area (Å²) in [6, 6.07) is 8.36. The van der Waals surface area contributed by atoms with E-state index in [4.69, 9.17) is 0 Å². The third-order valence-corrected chi connectivity index (χ3v) is 4.29. The van der Waals surface area contributed by atoms with E-state index in [1.54, 1.807) is 11.9 Å². The lowest BCUT2D eigenvalue weighted by atomic mass is 10.1. The van der Waals surface area contributed by atoms with E-state index >= 15 is 0 Å². The van der Waals surface area contributed by atoms with Crippen LogP contribution < -0.4 is 0 Å². The molecule has 0 saturated heterocycles. The predicted octanol–water partition coefficient (Wildman–Crippen LogP) is 3.30. The van der Waals surface area contributed by atoms with Crippen LogP contribution in [0.5, 0.6) is 0 Å². The number of halogens is 3. The van der Waals surface area contributed by atoms with Gasteiger partial charge in [-0.25, -0.2) is 0 Å². The molecule has 146 valence electrons. The molecule has 3 rings (SSSR count). The quantitative estimate of drug-likeness (QED) is 0.442. The summed E-state index contributed by atoms with van der Waals surface area (Å²) in [5.41, 5.74) is -0.948. The van der Waals surface area contributed by atoms with Gasteiger partial charge in [-0.05, 0) is 30.8 Å². The van der Waals surface area contributed by atoms with Crippen molar-refractivity contribution in [1.29, 1.82) is 0 Å². The number of carbonyl (C=O) groups excluding carboxylic acids is 2. The van der Waals surface area contributed by atoms with Crippen molar-refractivity contribution in [1.82, 2.24) is 9.80 Å². The average Bonchev–Trinajstić information content (AvgIpc) is 2.86. The fourth-order valence-electron chi connectivity index (χ4n) is 3.00. The molecular weight excluding hydrogens is 379 g/mol. The molecule has 0 spiro atoms. The van der Waals surface area contributed by atoms with Crippen LogP contribution >= 0.6 is 0 Å². The summed E-state index contributed by atoms with van der Waals surface area (Å²) in [5, 5.41) is 11.1. The van der Waals surface area contributed by atoms with Crippen molar-refractivity contribution >= 4 is 17.5 Å². The van der Waals surface area contributed by atoms with Gasteiger partial charge < -0.3 is 0 Å². The molecule has 1 aliphatic rings. The van der Waals surface area contributed by atoms with Crippen molar-refractivity contribution < 1.29 is 27.7 Å². The molecule has 0 aliphatic carbocycles. The number of rotatable bonds is 5. The number of hydrogen-bond acceptors (Lipinski definition) is 5. The molecular formula is C18H14F3N3O4. The number of alkyl halides is 3. The Bertz CT molecular complexity index is 958. The maximum absolute atomic E-state index is 12.6. The number of benzene rings is 2. The molecule has 1 aliphatic heterocycles. The summed E-state index contributed by atoms with van der Waals surface area (Å²) in [4.78, 5) is 37.8. The summed E-state index contributed by atoms with van der Waals surface area (Å²) in [7, 11) is 1.58. The van der Waals surface area contributed by atoms with E-state index in [2.05, 4.69) is 0 Å². The molecule has 0 unspecified atom stereocenters. The second-order valence-electron chi connectivity index (χ2n) is 6.35. The van der Waals surface area contributed by atoms with Crippen LogP contribution in [0.15, 0.2) is 42.5 Å². The first-order chi connectivity index (χ1) is 13.1. The molecule has 0 N–H and O–H groups in total. The van der Waals surface area contributed by atoms with Crippen molar-refractivity contribution in [2.45, 2.75) is 12.7 Å². The molecule has 0 aromatic heterocycles. The highest BCUT2D eigenvalue weighted by atomic mass is 19.4. The van der Waals surface area contributed by atoms with Gasteiger partial charge in [0.1, 0.15) is 5.56 Å². The zero-order valence-corrected chi connectivity index (χ0v) is 14.6. The van der Waals surface area contributed by atoms with Gasteiger partial charge in [0.15, 0.2) is 0 Å². The topological polar surface area (TPSA) is 83.8 Å². The molecule has 0 radical (unpaired) electrons. The zero-order valence-electron chi connectivity index (χ0n) is 14.6. The largest absolute Gasteiger partial charge is 0.416 e. The third kappa shape index (κ3) is 3.58. The molecule has 2 aromatic carbocycles. The van der Waals surface area contributed by atoms with Crippen LogP contribution in [0, 0.1) is 10.1 Å². The van der Waals surface area contributed by atoms with E-state index in [1.165, 1.54) is 24.3 Å². The number of amides is 2. The monoisotopic (exact) mass is 393 g/mol. The highest BCUT2D eigenvalue weighted by Gasteiger charge is 2.41. The number of carbonyl (C=O) groups is 2. The average molecular weight is 393 g/mol. The molecule has 2 aromatic rings. The Morgan fingerprint density at radius 2 is 1.71 bits per heavy atom. The first-order valence-corrected chi connectivity index (χ1v) is 8.08. The molecule has 0 saturated carbocycles. The fraction of sp³-hybridized carbons (Fsp3) is 0.222. The van der Waals surface area contributed by atoms with Gasteiger partial charge in [-0.15, -0.1) is 0 Å². The molecule has 0 bridgehead atoms. The minimum absolute atomic E-state index is 0.0397. The molecule has 0 fully saturated rings. The summed E-state index contributed by atoms with van der Waals surface area (Å²) in [6.45, 7) is 0.0121. The van der Waals surface area contributed by atoms with Crippen LogP contribution in [-0.4, -0.2) is 40.3 Å². The SMILES string of the molecule is CN(Cc1ccc(C(F)(F)F)cc1)CN1C(=O)c2cccc([N+](=O)[O-])c2C1=O. The molecule has 2 amide bonds. The van der Waals surface area contributed by atoms with Gasteiger partial charge in [-0.2, -0.15) is 13.2 Å². The van der Waals surface area contributed by atoms with E-state index in [9.17, 15) is 32.9 Å². The van der Waals surface area contributed by atoms with Gasteiger partial charge in [0, 0.05) is 12.6 Å². The van der Waals surface area contributed by atoms with Crippen LogP contribution in [-0.2, 0) is 12.7 Å². The van der Waals surface area contributed by atoms with Crippen molar-refractivity contribution in [3.8, 4) is 0 Å². The van der Waals surface area contributed by atoms with Crippen molar-refractivity contribution in [2.75, 3.05) is 13.7 Å². The van der Waals surface area contributed by atoms with Gasteiger partial charge in [0.05, 0.1) is 22.7 Å². The first-order valence-electron chi connectivity index (χ1n) is 8.08. The normalized spacial score (nSPS) is 14.0. The standard InChI is InChI=1S/C18H14F3N3O4/c1-22(9-11-5-7-12(8-6-11)18(19,20)21)10-23-16(25)13-3-2-4-14(24(27)28)15(13)17(23)26/h2-8H,9-10H2,1H3. The van der Waals surface area contributed by atoms with E-state index in [-0.39, 0.29) is 24.3 Å². The summed E-state index contributed by atoms with van der Waals surface area (Å²) < 4.78 is 37.9. The van der Waals surface area contributed by atoms with Crippen LogP contribution in [0.1, 0.15) is 31.8 Å². The van der Waals surface area contributed by atoms with Gasteiger partial charge in [0.25, 0.3) is 17.5 Å². The van der Waals surface area contributed by atoms with E-state index in [0.717, 1.165) is 23.1 Å². The fourth-order valence-corrected chi connectivity index (χ4v) is 3.00. The Balaban J connectivity index is 1.74. The Labute approximate surface area is 157 Å². The van der Waals surface area contributed by atoms with Crippen molar-refractivity contribution in [2.24, 2.45) is 0 Å². The van der Waals surface area contributed by atoms with E-state index < -0.39 is 34.2 Å². The van der Waals surface area contributed by atoms with E-state index in [1.807, 2.05) is 0 Å². The summed E-state index contributed by atoms with van der Waals surface area (Å²) in [5.74, 6) is -1.42. The van der Waals surface area contributed by atoms with Crippen LogP contribution in [0.25, 0.3) is 0 Å². The minimum Gasteiger partial charge on any atom is -0.284 e. The molecule has 0 atom stereocenters. The van der Waals surface area contributed by atoms with Crippen LogP contribution in [0.3, 0.4) is 0 Å². The zero-order chi connectivity index (χ0) is 20.6. The first kappa shape index (κ1) is 19.5. The number of imide groups is 1. The lowest BCUT2D eigenvalue weighted by molar-refractivity contribution is -0.385. The lowest BCUT2D eigenvalue weighted by Crippen LogP contribution is -2.39. The van der Waals surface area contributed by atoms with Gasteiger partial charge >= 0.3 is 6.18 Å². The number of hydrogen-bond donors (Lipinski definition) is 0. The number of nitrogens with zero attached hydrogens (tertiary/aromatic N) is 3. The maximum Gasteiger partial charge on any atom is 0.416 e. The number of nitro benzene ring substituents is 1. The molecule has 1 heterocycles.